The first-order valence-electron chi connectivity index (χ1n) is 7.31. The van der Waals surface area contributed by atoms with Gasteiger partial charge in [0.1, 0.15) is 0 Å². The van der Waals surface area contributed by atoms with Gasteiger partial charge in [-0.25, -0.2) is 0 Å². The molecule has 18 heavy (non-hydrogen) atoms. The maximum absolute atomic E-state index is 11.8. The summed E-state index contributed by atoms with van der Waals surface area (Å²) in [4.78, 5) is 14.2. The van der Waals surface area contributed by atoms with Gasteiger partial charge in [0.2, 0.25) is 5.91 Å². The molecule has 0 aromatic carbocycles. The third kappa shape index (κ3) is 5.83. The number of nitrogens with zero attached hydrogens (tertiary/aromatic N) is 1. The van der Waals surface area contributed by atoms with Crippen molar-refractivity contribution < 1.29 is 4.79 Å². The fraction of sp³-hybridized carbons (Fsp3) is 0.929. The Labute approximate surface area is 111 Å². The van der Waals surface area contributed by atoms with Gasteiger partial charge in [-0.05, 0) is 45.3 Å². The molecule has 2 unspecified atom stereocenters. The van der Waals surface area contributed by atoms with Crippen LogP contribution in [0.25, 0.3) is 0 Å². The molecule has 1 amide bonds. The number of carbonyl (C=O) groups is 1. The molecule has 0 aromatic rings. The van der Waals surface area contributed by atoms with Crippen molar-refractivity contribution in [2.24, 2.45) is 11.7 Å². The maximum Gasteiger partial charge on any atom is 0.220 e. The summed E-state index contributed by atoms with van der Waals surface area (Å²) >= 11 is 0. The van der Waals surface area contributed by atoms with Gasteiger partial charge in [0.25, 0.3) is 0 Å². The molecule has 106 valence electrons. The minimum Gasteiger partial charge on any atom is -0.353 e. The average molecular weight is 255 g/mol. The Balaban J connectivity index is 2.12. The lowest BCUT2D eigenvalue weighted by atomic mass is 9.94. The van der Waals surface area contributed by atoms with Crippen LogP contribution < -0.4 is 11.1 Å². The summed E-state index contributed by atoms with van der Waals surface area (Å²) in [6.07, 6.45) is 6.09. The van der Waals surface area contributed by atoms with E-state index in [9.17, 15) is 4.79 Å². The number of likely N-dealkylation sites (tertiary alicyclic amines) is 1. The standard InChI is InChI=1S/C14H29N3O/c1-12-11-17(2)10-8-13(12)16-14(18)7-5-3-4-6-9-15/h12-13H,3-11,15H2,1-2H3,(H,16,18). The Morgan fingerprint density at radius 3 is 2.72 bits per heavy atom. The molecule has 1 aliphatic rings. The number of hydrogen-bond acceptors (Lipinski definition) is 3. The zero-order chi connectivity index (χ0) is 13.4. The molecule has 0 saturated carbocycles. The highest BCUT2D eigenvalue weighted by atomic mass is 16.1. The third-order valence-corrected chi connectivity index (χ3v) is 3.81. The van der Waals surface area contributed by atoms with E-state index >= 15 is 0 Å². The van der Waals surface area contributed by atoms with E-state index in [2.05, 4.69) is 24.2 Å². The van der Waals surface area contributed by atoms with Crippen molar-refractivity contribution in [1.29, 1.82) is 0 Å². The van der Waals surface area contributed by atoms with E-state index in [1.165, 1.54) is 0 Å². The van der Waals surface area contributed by atoms with Crippen LogP contribution in [0.1, 0.15) is 45.4 Å². The number of hydrogen-bond donors (Lipinski definition) is 2. The fourth-order valence-corrected chi connectivity index (χ4v) is 2.63. The SMILES string of the molecule is CC1CN(C)CCC1NC(=O)CCCCCCN. The molecular weight excluding hydrogens is 226 g/mol. The minimum atomic E-state index is 0.226. The number of rotatable bonds is 7. The number of nitrogens with two attached hydrogens (primary N) is 1. The molecule has 3 N–H and O–H groups in total. The van der Waals surface area contributed by atoms with Crippen LogP contribution in [-0.4, -0.2) is 43.5 Å². The van der Waals surface area contributed by atoms with Gasteiger partial charge < -0.3 is 16.0 Å². The van der Waals surface area contributed by atoms with Crippen LogP contribution in [0.3, 0.4) is 0 Å². The van der Waals surface area contributed by atoms with E-state index in [1.807, 2.05) is 0 Å². The summed E-state index contributed by atoms with van der Waals surface area (Å²) in [7, 11) is 2.14. The van der Waals surface area contributed by atoms with Gasteiger partial charge in [-0.3, -0.25) is 4.79 Å². The van der Waals surface area contributed by atoms with Gasteiger partial charge in [-0.15, -0.1) is 0 Å². The average Bonchev–Trinajstić information content (AvgIpc) is 2.32. The second kappa shape index (κ2) is 8.48. The first-order chi connectivity index (χ1) is 8.63. The van der Waals surface area contributed by atoms with Gasteiger partial charge in [0.15, 0.2) is 0 Å². The Morgan fingerprint density at radius 1 is 1.33 bits per heavy atom. The Kier molecular flexibility index (Phi) is 7.28. The first kappa shape index (κ1) is 15.4. The zero-order valence-electron chi connectivity index (χ0n) is 12.0. The third-order valence-electron chi connectivity index (χ3n) is 3.81. The van der Waals surface area contributed by atoms with Gasteiger partial charge in [0, 0.05) is 19.0 Å². The molecule has 1 saturated heterocycles. The van der Waals surface area contributed by atoms with Crippen LogP contribution in [0.4, 0.5) is 0 Å². The first-order valence-corrected chi connectivity index (χ1v) is 7.31. The lowest BCUT2D eigenvalue weighted by molar-refractivity contribution is -0.122. The number of carbonyl (C=O) groups excluding carboxylic acids is 1. The van der Waals surface area contributed by atoms with Crippen molar-refractivity contribution in [3.63, 3.8) is 0 Å². The van der Waals surface area contributed by atoms with Crippen molar-refractivity contribution in [3.05, 3.63) is 0 Å². The number of piperidine rings is 1. The van der Waals surface area contributed by atoms with Crippen LogP contribution in [-0.2, 0) is 4.79 Å². The van der Waals surface area contributed by atoms with Crippen molar-refractivity contribution in [1.82, 2.24) is 10.2 Å². The Bertz CT molecular complexity index is 245. The van der Waals surface area contributed by atoms with Crippen LogP contribution in [0, 0.1) is 5.92 Å². The molecular formula is C14H29N3O. The molecule has 4 heteroatoms. The number of nitrogens with one attached hydrogen (secondary N) is 1. The summed E-state index contributed by atoms with van der Waals surface area (Å²) in [5.41, 5.74) is 5.44. The Hall–Kier alpha value is -0.610. The number of unbranched alkanes of at least 4 members (excludes halogenated alkanes) is 3. The molecule has 0 aromatic heterocycles. The highest BCUT2D eigenvalue weighted by molar-refractivity contribution is 5.76. The van der Waals surface area contributed by atoms with Gasteiger partial charge >= 0.3 is 0 Å². The van der Waals surface area contributed by atoms with Gasteiger partial charge in [0.05, 0.1) is 0 Å². The molecule has 0 aliphatic carbocycles. The summed E-state index contributed by atoms with van der Waals surface area (Å²) < 4.78 is 0. The highest BCUT2D eigenvalue weighted by Gasteiger charge is 2.24. The van der Waals surface area contributed by atoms with E-state index in [-0.39, 0.29) is 5.91 Å². The predicted octanol–water partition coefficient (Wildman–Crippen LogP) is 1.35. The topological polar surface area (TPSA) is 58.4 Å². The van der Waals surface area contributed by atoms with E-state index in [0.717, 1.165) is 51.7 Å². The summed E-state index contributed by atoms with van der Waals surface area (Å²) in [6.45, 7) is 5.16. The predicted molar refractivity (Wildman–Crippen MR) is 75.3 cm³/mol. The second-order valence-electron chi connectivity index (χ2n) is 5.66. The molecule has 0 bridgehead atoms. The van der Waals surface area contributed by atoms with Crippen molar-refractivity contribution in [2.75, 3.05) is 26.7 Å². The summed E-state index contributed by atoms with van der Waals surface area (Å²) in [5.74, 6) is 0.786. The van der Waals surface area contributed by atoms with Crippen molar-refractivity contribution in [3.8, 4) is 0 Å². The molecule has 1 heterocycles. The fourth-order valence-electron chi connectivity index (χ4n) is 2.63. The van der Waals surface area contributed by atoms with Crippen LogP contribution in [0.2, 0.25) is 0 Å². The van der Waals surface area contributed by atoms with Gasteiger partial charge in [-0.2, -0.15) is 0 Å². The van der Waals surface area contributed by atoms with Crippen LogP contribution in [0.15, 0.2) is 0 Å². The lowest BCUT2D eigenvalue weighted by Crippen LogP contribution is -2.48. The number of amides is 1. The smallest absolute Gasteiger partial charge is 0.220 e. The molecule has 0 radical (unpaired) electrons. The maximum atomic E-state index is 11.8. The van der Waals surface area contributed by atoms with E-state index < -0.39 is 0 Å². The van der Waals surface area contributed by atoms with Crippen molar-refractivity contribution >= 4 is 5.91 Å². The monoisotopic (exact) mass is 255 g/mol. The normalized spacial score (nSPS) is 25.1. The molecule has 2 atom stereocenters. The van der Waals surface area contributed by atoms with E-state index in [0.29, 0.717) is 18.4 Å². The molecule has 1 rings (SSSR count). The highest BCUT2D eigenvalue weighted by Crippen LogP contribution is 2.15. The lowest BCUT2D eigenvalue weighted by Gasteiger charge is -2.35. The van der Waals surface area contributed by atoms with E-state index in [4.69, 9.17) is 5.73 Å². The zero-order valence-corrected chi connectivity index (χ0v) is 12.0. The molecule has 1 fully saturated rings. The largest absolute Gasteiger partial charge is 0.353 e. The molecule has 4 nitrogen and oxygen atoms in total. The Morgan fingerprint density at radius 2 is 2.06 bits per heavy atom. The molecule has 1 aliphatic heterocycles. The summed E-state index contributed by atoms with van der Waals surface area (Å²) in [5, 5.41) is 3.19. The van der Waals surface area contributed by atoms with E-state index in [1.54, 1.807) is 0 Å². The second-order valence-corrected chi connectivity index (χ2v) is 5.66. The van der Waals surface area contributed by atoms with Gasteiger partial charge in [-0.1, -0.05) is 19.8 Å². The minimum absolute atomic E-state index is 0.226. The van der Waals surface area contributed by atoms with Crippen molar-refractivity contribution in [2.45, 2.75) is 51.5 Å². The van der Waals surface area contributed by atoms with Crippen LogP contribution >= 0.6 is 0 Å². The quantitative estimate of drug-likeness (QED) is 0.675. The molecule has 0 spiro atoms. The van der Waals surface area contributed by atoms with Crippen LogP contribution in [0.5, 0.6) is 0 Å². The summed E-state index contributed by atoms with van der Waals surface area (Å²) in [6, 6.07) is 0.373.